The van der Waals surface area contributed by atoms with Crippen LogP contribution in [-0.4, -0.2) is 35.1 Å². The summed E-state index contributed by atoms with van der Waals surface area (Å²) in [5, 5.41) is 9.21. The molecular weight excluding hydrogens is 300 g/mol. The van der Waals surface area contributed by atoms with Crippen LogP contribution in [0.5, 0.6) is 0 Å². The molecule has 0 aliphatic carbocycles. The third-order valence-corrected chi connectivity index (χ3v) is 3.57. The van der Waals surface area contributed by atoms with Crippen molar-refractivity contribution in [2.45, 2.75) is 6.10 Å². The normalized spacial score (nSPS) is 14.0. The van der Waals surface area contributed by atoms with Gasteiger partial charge in [0.2, 0.25) is 0 Å². The minimum Gasteiger partial charge on any atom is -0.389 e. The molecule has 0 atom stereocenters. The maximum Gasteiger partial charge on any atom is 0.254 e. The average Bonchev–Trinajstić information content (AvgIpc) is 2.53. The van der Waals surface area contributed by atoms with Crippen molar-refractivity contribution in [3.05, 3.63) is 70.8 Å². The fourth-order valence-electron chi connectivity index (χ4n) is 2.24. The highest BCUT2D eigenvalue weighted by atomic mass is 19.2. The molecule has 5 heteroatoms. The second kappa shape index (κ2) is 6.19. The number of nitrogens with zero attached hydrogens (tertiary/aromatic N) is 1. The number of aliphatic hydroxyl groups excluding tert-OH is 1. The molecule has 1 amide bonds. The second-order valence-corrected chi connectivity index (χ2v) is 5.29. The average molecular weight is 313 g/mol. The van der Waals surface area contributed by atoms with Gasteiger partial charge >= 0.3 is 0 Å². The summed E-state index contributed by atoms with van der Waals surface area (Å²) < 4.78 is 26.6. The summed E-state index contributed by atoms with van der Waals surface area (Å²) in [5.74, 6) is 3.26. The minimum atomic E-state index is -0.969. The highest BCUT2D eigenvalue weighted by Crippen LogP contribution is 2.14. The maximum atomic E-state index is 13.5. The molecule has 23 heavy (non-hydrogen) atoms. The Bertz CT molecular complexity index is 800. The number of benzene rings is 2. The second-order valence-electron chi connectivity index (χ2n) is 5.29. The molecule has 2 aromatic carbocycles. The van der Waals surface area contributed by atoms with Gasteiger partial charge in [-0.1, -0.05) is 17.9 Å². The first-order valence-corrected chi connectivity index (χ1v) is 7.08. The van der Waals surface area contributed by atoms with Crippen LogP contribution in [0.25, 0.3) is 0 Å². The van der Waals surface area contributed by atoms with Gasteiger partial charge in [0, 0.05) is 24.2 Å². The Morgan fingerprint density at radius 1 is 1.09 bits per heavy atom. The van der Waals surface area contributed by atoms with E-state index in [-0.39, 0.29) is 11.5 Å². The molecule has 1 fully saturated rings. The van der Waals surface area contributed by atoms with Gasteiger partial charge in [-0.15, -0.1) is 0 Å². The van der Waals surface area contributed by atoms with Gasteiger partial charge in [-0.2, -0.15) is 0 Å². The summed E-state index contributed by atoms with van der Waals surface area (Å²) >= 11 is 0. The number of likely N-dealkylation sites (tertiary alicyclic amines) is 1. The van der Waals surface area contributed by atoms with Crippen molar-refractivity contribution in [2.75, 3.05) is 13.1 Å². The molecule has 1 heterocycles. The van der Waals surface area contributed by atoms with Crippen molar-refractivity contribution in [3.63, 3.8) is 0 Å². The maximum absolute atomic E-state index is 13.5. The number of aliphatic hydroxyl groups is 1. The van der Waals surface area contributed by atoms with E-state index in [2.05, 4.69) is 11.8 Å². The smallest absolute Gasteiger partial charge is 0.254 e. The molecule has 116 valence electrons. The number of hydrogen-bond acceptors (Lipinski definition) is 2. The van der Waals surface area contributed by atoms with Crippen LogP contribution in [0, 0.1) is 23.5 Å². The summed E-state index contributed by atoms with van der Waals surface area (Å²) in [7, 11) is 0. The number of carbonyl (C=O) groups is 1. The molecule has 3 nitrogen and oxygen atoms in total. The van der Waals surface area contributed by atoms with Crippen molar-refractivity contribution >= 4 is 5.91 Å². The van der Waals surface area contributed by atoms with Crippen LogP contribution in [0.4, 0.5) is 8.78 Å². The van der Waals surface area contributed by atoms with Crippen molar-refractivity contribution < 1.29 is 18.7 Å². The van der Waals surface area contributed by atoms with Gasteiger partial charge in [-0.25, -0.2) is 8.78 Å². The summed E-state index contributed by atoms with van der Waals surface area (Å²) in [6.45, 7) is 0.693. The Labute approximate surface area is 132 Å². The predicted molar refractivity (Wildman–Crippen MR) is 80.7 cm³/mol. The zero-order chi connectivity index (χ0) is 16.4. The highest BCUT2D eigenvalue weighted by Gasteiger charge is 2.29. The van der Waals surface area contributed by atoms with E-state index in [1.165, 1.54) is 12.1 Å². The monoisotopic (exact) mass is 313 g/mol. The zero-order valence-electron chi connectivity index (χ0n) is 12.1. The Balaban J connectivity index is 1.75. The highest BCUT2D eigenvalue weighted by molar-refractivity contribution is 5.94. The lowest BCUT2D eigenvalue weighted by Gasteiger charge is -2.35. The molecule has 0 unspecified atom stereocenters. The number of halogens is 2. The van der Waals surface area contributed by atoms with E-state index in [4.69, 9.17) is 0 Å². The van der Waals surface area contributed by atoms with E-state index in [1.807, 2.05) is 0 Å². The molecule has 2 aromatic rings. The molecule has 3 rings (SSSR count). The van der Waals surface area contributed by atoms with Crippen molar-refractivity contribution in [3.8, 4) is 11.8 Å². The molecule has 0 spiro atoms. The van der Waals surface area contributed by atoms with Crippen LogP contribution in [-0.2, 0) is 0 Å². The van der Waals surface area contributed by atoms with Crippen molar-refractivity contribution in [2.24, 2.45) is 0 Å². The summed E-state index contributed by atoms with van der Waals surface area (Å²) in [4.78, 5) is 13.6. The predicted octanol–water partition coefficient (Wildman–Crippen LogP) is 2.18. The number of amides is 1. The fourth-order valence-corrected chi connectivity index (χ4v) is 2.24. The van der Waals surface area contributed by atoms with Gasteiger partial charge in [-0.05, 0) is 36.4 Å². The van der Waals surface area contributed by atoms with E-state index in [0.29, 0.717) is 24.2 Å². The van der Waals surface area contributed by atoms with Crippen LogP contribution in [0.3, 0.4) is 0 Å². The van der Waals surface area contributed by atoms with Gasteiger partial charge in [-0.3, -0.25) is 4.79 Å². The lowest BCUT2D eigenvalue weighted by Crippen LogP contribution is -2.53. The van der Waals surface area contributed by atoms with Crippen molar-refractivity contribution in [1.29, 1.82) is 0 Å². The molecule has 0 bridgehead atoms. The Kier molecular flexibility index (Phi) is 4.09. The molecule has 0 aromatic heterocycles. The van der Waals surface area contributed by atoms with Gasteiger partial charge < -0.3 is 10.0 Å². The number of β-amino-alcohol motifs (C(OH)–C–C–N with tert-alkyl or cyclic N) is 1. The van der Waals surface area contributed by atoms with E-state index in [1.54, 1.807) is 29.2 Å². The molecule has 1 saturated heterocycles. The lowest BCUT2D eigenvalue weighted by molar-refractivity contribution is 0.00589. The fraction of sp³-hybridized carbons (Fsp3) is 0.167. The summed E-state index contributed by atoms with van der Waals surface area (Å²) in [6, 6.07) is 10.4. The molecule has 0 radical (unpaired) electrons. The van der Waals surface area contributed by atoms with Crippen LogP contribution in [0.2, 0.25) is 0 Å². The first kappa shape index (κ1) is 15.2. The van der Waals surface area contributed by atoms with Gasteiger partial charge in [0.1, 0.15) is 0 Å². The van der Waals surface area contributed by atoms with E-state index >= 15 is 0 Å². The van der Waals surface area contributed by atoms with Gasteiger partial charge in [0.05, 0.1) is 11.7 Å². The summed E-state index contributed by atoms with van der Waals surface area (Å²) in [6.07, 6.45) is -0.440. The number of rotatable bonds is 1. The molecule has 1 N–H and O–H groups in total. The topological polar surface area (TPSA) is 40.5 Å². The Hall–Kier alpha value is -2.71. The first-order chi connectivity index (χ1) is 11.0. The van der Waals surface area contributed by atoms with Crippen LogP contribution < -0.4 is 0 Å². The van der Waals surface area contributed by atoms with Gasteiger partial charge in [0.25, 0.3) is 5.91 Å². The molecule has 1 aliphatic rings. The van der Waals surface area contributed by atoms with E-state index in [9.17, 15) is 18.7 Å². The molecular formula is C18H13F2NO2. The quantitative estimate of drug-likeness (QED) is 0.820. The van der Waals surface area contributed by atoms with Crippen LogP contribution in [0.15, 0.2) is 42.5 Å². The van der Waals surface area contributed by atoms with Crippen LogP contribution in [0.1, 0.15) is 21.5 Å². The lowest BCUT2D eigenvalue weighted by atomic mass is 10.1. The van der Waals surface area contributed by atoms with E-state index in [0.717, 1.165) is 6.07 Å². The van der Waals surface area contributed by atoms with Crippen molar-refractivity contribution in [1.82, 2.24) is 4.90 Å². The third-order valence-electron chi connectivity index (χ3n) is 3.57. The molecule has 1 aliphatic heterocycles. The van der Waals surface area contributed by atoms with E-state index < -0.39 is 17.7 Å². The SMILES string of the molecule is O=C(c1ccc(C#Cc2cccc(F)c2F)cc1)N1CC(O)C1. The minimum absolute atomic E-state index is 0.0141. The Morgan fingerprint density at radius 3 is 2.43 bits per heavy atom. The number of carbonyl (C=O) groups excluding carboxylic acids is 1. The standard InChI is InChI=1S/C18H13F2NO2/c19-16-3-1-2-13(17(16)20)7-4-12-5-8-14(9-6-12)18(23)21-10-15(22)11-21/h1-3,5-6,8-9,15,22H,10-11H2. The molecule has 0 saturated carbocycles. The first-order valence-electron chi connectivity index (χ1n) is 7.08. The number of hydrogen-bond donors (Lipinski definition) is 1. The summed E-state index contributed by atoms with van der Waals surface area (Å²) in [5.41, 5.74) is 1.08. The largest absolute Gasteiger partial charge is 0.389 e. The third kappa shape index (κ3) is 3.22. The van der Waals surface area contributed by atoms with Gasteiger partial charge in [0.15, 0.2) is 11.6 Å². The Morgan fingerprint density at radius 2 is 1.78 bits per heavy atom. The van der Waals surface area contributed by atoms with Crippen LogP contribution >= 0.6 is 0 Å². The zero-order valence-corrected chi connectivity index (χ0v) is 12.1.